The molecule has 0 aliphatic heterocycles. The van der Waals surface area contributed by atoms with Crippen LogP contribution in [0.3, 0.4) is 0 Å². The predicted octanol–water partition coefficient (Wildman–Crippen LogP) is 3.89. The summed E-state index contributed by atoms with van der Waals surface area (Å²) in [6.07, 6.45) is 1.60. The molecular weight excluding hydrogens is 306 g/mol. The maximum Gasteiger partial charge on any atom is 0.312 e. The van der Waals surface area contributed by atoms with Crippen molar-refractivity contribution in [2.75, 3.05) is 5.32 Å². The van der Waals surface area contributed by atoms with E-state index in [-0.39, 0.29) is 18.1 Å². The Morgan fingerprint density at radius 3 is 2.38 bits per heavy atom. The highest BCUT2D eigenvalue weighted by Gasteiger charge is 2.17. The lowest BCUT2D eigenvalue weighted by Gasteiger charge is -2.08. The summed E-state index contributed by atoms with van der Waals surface area (Å²) in [5, 5.41) is 23.4. The molecule has 0 aliphatic carbocycles. The molecule has 6 heteroatoms. The molecule has 3 aromatic rings. The molecule has 2 aromatic carbocycles. The zero-order valence-corrected chi connectivity index (χ0v) is 12.7. The average molecular weight is 321 g/mol. The van der Waals surface area contributed by atoms with Gasteiger partial charge in [-0.2, -0.15) is 0 Å². The summed E-state index contributed by atoms with van der Waals surface area (Å²) in [4.78, 5) is 15.1. The number of pyridine rings is 1. The van der Waals surface area contributed by atoms with Crippen molar-refractivity contribution in [2.45, 2.75) is 6.61 Å². The minimum Gasteiger partial charge on any atom is -0.392 e. The average Bonchev–Trinajstić information content (AvgIpc) is 2.63. The Kier molecular flexibility index (Phi) is 4.49. The Bertz CT molecular complexity index is 849. The van der Waals surface area contributed by atoms with E-state index in [4.69, 9.17) is 5.11 Å². The SMILES string of the molecule is O=[N+]([O-])c1cc(-c2ccccc2)cnc1Nc1ccc(CO)cc1. The van der Waals surface area contributed by atoms with Gasteiger partial charge in [0, 0.05) is 23.5 Å². The number of benzene rings is 2. The molecule has 0 fully saturated rings. The van der Waals surface area contributed by atoms with E-state index in [1.54, 1.807) is 30.5 Å². The summed E-state index contributed by atoms with van der Waals surface area (Å²) in [6.45, 7) is -0.0511. The van der Waals surface area contributed by atoms with Crippen LogP contribution in [0.2, 0.25) is 0 Å². The maximum absolute atomic E-state index is 11.4. The molecule has 1 aromatic heterocycles. The Balaban J connectivity index is 1.94. The van der Waals surface area contributed by atoms with Gasteiger partial charge < -0.3 is 10.4 Å². The number of anilines is 2. The van der Waals surface area contributed by atoms with Crippen LogP contribution < -0.4 is 5.32 Å². The zero-order chi connectivity index (χ0) is 16.9. The highest BCUT2D eigenvalue weighted by Crippen LogP contribution is 2.30. The Morgan fingerprint density at radius 1 is 1.04 bits per heavy atom. The van der Waals surface area contributed by atoms with Crippen LogP contribution in [0.1, 0.15) is 5.56 Å². The molecule has 0 saturated carbocycles. The van der Waals surface area contributed by atoms with Crippen molar-refractivity contribution in [3.63, 3.8) is 0 Å². The fraction of sp³-hybridized carbons (Fsp3) is 0.0556. The van der Waals surface area contributed by atoms with Crippen LogP contribution in [0.4, 0.5) is 17.2 Å². The topological polar surface area (TPSA) is 88.3 Å². The number of nitrogens with zero attached hydrogens (tertiary/aromatic N) is 2. The molecule has 0 aliphatic rings. The number of aromatic nitrogens is 1. The van der Waals surface area contributed by atoms with Crippen molar-refractivity contribution in [1.82, 2.24) is 4.98 Å². The van der Waals surface area contributed by atoms with Crippen LogP contribution in [0.25, 0.3) is 11.1 Å². The second-order valence-corrected chi connectivity index (χ2v) is 5.19. The van der Waals surface area contributed by atoms with Gasteiger partial charge in [-0.1, -0.05) is 42.5 Å². The van der Waals surface area contributed by atoms with E-state index in [9.17, 15) is 10.1 Å². The molecule has 3 rings (SSSR count). The number of nitro groups is 1. The van der Waals surface area contributed by atoms with Crippen molar-refractivity contribution in [3.8, 4) is 11.1 Å². The van der Waals surface area contributed by atoms with E-state index in [2.05, 4.69) is 10.3 Å². The summed E-state index contributed by atoms with van der Waals surface area (Å²) in [5.74, 6) is 0.177. The lowest BCUT2D eigenvalue weighted by Crippen LogP contribution is -2.00. The van der Waals surface area contributed by atoms with E-state index >= 15 is 0 Å². The number of nitrogens with one attached hydrogen (secondary N) is 1. The van der Waals surface area contributed by atoms with Gasteiger partial charge in [0.25, 0.3) is 0 Å². The van der Waals surface area contributed by atoms with Gasteiger partial charge in [0.2, 0.25) is 5.82 Å². The number of rotatable bonds is 5. The summed E-state index contributed by atoms with van der Waals surface area (Å²) < 4.78 is 0. The quantitative estimate of drug-likeness (QED) is 0.550. The van der Waals surface area contributed by atoms with Gasteiger partial charge in [-0.3, -0.25) is 10.1 Å². The number of aliphatic hydroxyl groups is 1. The van der Waals surface area contributed by atoms with Crippen LogP contribution in [0.5, 0.6) is 0 Å². The maximum atomic E-state index is 11.4. The van der Waals surface area contributed by atoms with Crippen molar-refractivity contribution in [3.05, 3.63) is 82.5 Å². The van der Waals surface area contributed by atoms with Crippen molar-refractivity contribution in [2.24, 2.45) is 0 Å². The molecule has 0 radical (unpaired) electrons. The lowest BCUT2D eigenvalue weighted by atomic mass is 10.1. The van der Waals surface area contributed by atoms with Crippen LogP contribution in [0, 0.1) is 10.1 Å². The largest absolute Gasteiger partial charge is 0.392 e. The van der Waals surface area contributed by atoms with Crippen molar-refractivity contribution in [1.29, 1.82) is 0 Å². The second kappa shape index (κ2) is 6.89. The lowest BCUT2D eigenvalue weighted by molar-refractivity contribution is -0.384. The first-order valence-electron chi connectivity index (χ1n) is 7.34. The fourth-order valence-electron chi connectivity index (χ4n) is 2.31. The van der Waals surface area contributed by atoms with E-state index in [0.717, 1.165) is 11.1 Å². The van der Waals surface area contributed by atoms with Crippen LogP contribution in [0.15, 0.2) is 66.9 Å². The molecule has 0 spiro atoms. The summed E-state index contributed by atoms with van der Waals surface area (Å²) >= 11 is 0. The second-order valence-electron chi connectivity index (χ2n) is 5.19. The molecule has 6 nitrogen and oxygen atoms in total. The first-order valence-corrected chi connectivity index (χ1v) is 7.34. The molecular formula is C18H15N3O3. The fourth-order valence-corrected chi connectivity index (χ4v) is 2.31. The first-order chi connectivity index (χ1) is 11.7. The van der Waals surface area contributed by atoms with Gasteiger partial charge in [-0.15, -0.1) is 0 Å². The van der Waals surface area contributed by atoms with Gasteiger partial charge in [-0.05, 0) is 23.3 Å². The summed E-state index contributed by atoms with van der Waals surface area (Å²) in [6, 6.07) is 17.8. The van der Waals surface area contributed by atoms with Crippen molar-refractivity contribution < 1.29 is 10.0 Å². The molecule has 0 atom stereocenters. The smallest absolute Gasteiger partial charge is 0.312 e. The number of hydrogen-bond acceptors (Lipinski definition) is 5. The minimum atomic E-state index is -0.454. The Morgan fingerprint density at radius 2 is 1.75 bits per heavy atom. The van der Waals surface area contributed by atoms with Gasteiger partial charge in [0.05, 0.1) is 11.5 Å². The minimum absolute atomic E-state index is 0.0511. The van der Waals surface area contributed by atoms with Crippen LogP contribution in [-0.2, 0) is 6.61 Å². The van der Waals surface area contributed by atoms with Gasteiger partial charge in [-0.25, -0.2) is 4.98 Å². The van der Waals surface area contributed by atoms with Crippen LogP contribution in [-0.4, -0.2) is 15.0 Å². The zero-order valence-electron chi connectivity index (χ0n) is 12.7. The van der Waals surface area contributed by atoms with Gasteiger partial charge in [0.1, 0.15) is 0 Å². The Labute approximate surface area is 138 Å². The highest BCUT2D eigenvalue weighted by atomic mass is 16.6. The van der Waals surface area contributed by atoms with E-state index < -0.39 is 4.92 Å². The third-order valence-electron chi connectivity index (χ3n) is 3.57. The third kappa shape index (κ3) is 3.39. The number of aliphatic hydroxyl groups excluding tert-OH is 1. The molecule has 0 saturated heterocycles. The van der Waals surface area contributed by atoms with Gasteiger partial charge >= 0.3 is 5.69 Å². The first kappa shape index (κ1) is 15.6. The van der Waals surface area contributed by atoms with Crippen LogP contribution >= 0.6 is 0 Å². The number of hydrogen-bond donors (Lipinski definition) is 2. The third-order valence-corrected chi connectivity index (χ3v) is 3.57. The molecule has 0 unspecified atom stereocenters. The van der Waals surface area contributed by atoms with E-state index in [0.29, 0.717) is 11.3 Å². The van der Waals surface area contributed by atoms with E-state index in [1.807, 2.05) is 30.3 Å². The monoisotopic (exact) mass is 321 g/mol. The Hall–Kier alpha value is -3.25. The summed E-state index contributed by atoms with van der Waals surface area (Å²) in [5.41, 5.74) is 2.88. The van der Waals surface area contributed by atoms with Gasteiger partial charge in [0.15, 0.2) is 0 Å². The normalized spacial score (nSPS) is 10.4. The molecule has 0 bridgehead atoms. The molecule has 120 valence electrons. The standard InChI is InChI=1S/C18H15N3O3/c22-12-13-6-8-16(9-7-13)20-18-17(21(23)24)10-15(11-19-18)14-4-2-1-3-5-14/h1-11,22H,12H2,(H,19,20). The summed E-state index contributed by atoms with van der Waals surface area (Å²) in [7, 11) is 0. The molecule has 24 heavy (non-hydrogen) atoms. The van der Waals surface area contributed by atoms with Crippen molar-refractivity contribution >= 4 is 17.2 Å². The highest BCUT2D eigenvalue weighted by molar-refractivity contribution is 5.72. The molecule has 0 amide bonds. The predicted molar refractivity (Wildman–Crippen MR) is 92.0 cm³/mol. The van der Waals surface area contributed by atoms with E-state index in [1.165, 1.54) is 6.07 Å². The molecule has 2 N–H and O–H groups in total. The molecule has 1 heterocycles.